The molecule has 4 heterocycles. The summed E-state index contributed by atoms with van der Waals surface area (Å²) in [5.41, 5.74) is 6.50. The number of hydrogen-bond donors (Lipinski definition) is 1. The number of pyridine rings is 1. The second-order valence-electron chi connectivity index (χ2n) is 9.63. The van der Waals surface area contributed by atoms with Gasteiger partial charge in [-0.1, -0.05) is 12.8 Å². The Morgan fingerprint density at radius 3 is 2.70 bits per heavy atom. The minimum absolute atomic E-state index is 0.152. The molecule has 3 aromatic heterocycles. The number of fused-ring (bicyclic) bond motifs is 1. The Labute approximate surface area is 195 Å². The third-order valence-corrected chi connectivity index (χ3v) is 7.35. The number of aryl methyl sites for hydroxylation is 2. The lowest BCUT2D eigenvalue weighted by atomic mass is 10.1. The number of carbonyl (C=O) groups is 1. The molecule has 1 saturated carbocycles. The van der Waals surface area contributed by atoms with Crippen LogP contribution in [0.25, 0.3) is 5.65 Å². The zero-order chi connectivity index (χ0) is 22.8. The molecule has 2 aliphatic rings. The highest BCUT2D eigenvalue weighted by molar-refractivity contribution is 5.76. The fourth-order valence-corrected chi connectivity index (χ4v) is 5.55. The molecule has 1 saturated heterocycles. The van der Waals surface area contributed by atoms with E-state index in [0.717, 1.165) is 60.6 Å². The van der Waals surface area contributed by atoms with Crippen molar-refractivity contribution in [1.29, 1.82) is 0 Å². The number of likely N-dealkylation sites (tertiary alicyclic amines) is 1. The summed E-state index contributed by atoms with van der Waals surface area (Å²) in [4.78, 5) is 24.0. The summed E-state index contributed by atoms with van der Waals surface area (Å²) in [5, 5.41) is 8.20. The van der Waals surface area contributed by atoms with Crippen LogP contribution >= 0.6 is 0 Å². The van der Waals surface area contributed by atoms with Crippen molar-refractivity contribution in [2.45, 2.75) is 83.8 Å². The van der Waals surface area contributed by atoms with E-state index in [4.69, 9.17) is 10.1 Å². The van der Waals surface area contributed by atoms with Crippen molar-refractivity contribution in [3.63, 3.8) is 0 Å². The molecule has 7 heteroatoms. The van der Waals surface area contributed by atoms with Crippen LogP contribution in [0.15, 0.2) is 30.6 Å². The molecule has 1 atom stereocenters. The van der Waals surface area contributed by atoms with Crippen LogP contribution in [0.3, 0.4) is 0 Å². The first-order valence-corrected chi connectivity index (χ1v) is 12.4. The van der Waals surface area contributed by atoms with Gasteiger partial charge in [0.2, 0.25) is 5.91 Å². The zero-order valence-corrected chi connectivity index (χ0v) is 19.8. The SMILES string of the molecule is Cc1nc2cc([C@H]3CCCN3Cc3ccncc3)nn2c(C)c1CCC(=O)NC1CCCC1. The molecule has 174 valence electrons. The van der Waals surface area contributed by atoms with E-state index >= 15 is 0 Å². The number of aromatic nitrogens is 4. The second-order valence-corrected chi connectivity index (χ2v) is 9.63. The normalized spacial score (nSPS) is 19.5. The molecule has 2 fully saturated rings. The maximum absolute atomic E-state index is 12.5. The van der Waals surface area contributed by atoms with Crippen LogP contribution in [0.4, 0.5) is 0 Å². The van der Waals surface area contributed by atoms with Gasteiger partial charge in [0, 0.05) is 48.9 Å². The monoisotopic (exact) mass is 446 g/mol. The molecular formula is C26H34N6O. The molecule has 0 spiro atoms. The highest BCUT2D eigenvalue weighted by Crippen LogP contribution is 2.33. The van der Waals surface area contributed by atoms with Crippen molar-refractivity contribution in [3.8, 4) is 0 Å². The van der Waals surface area contributed by atoms with Crippen molar-refractivity contribution in [2.24, 2.45) is 0 Å². The van der Waals surface area contributed by atoms with E-state index in [9.17, 15) is 4.79 Å². The van der Waals surface area contributed by atoms with E-state index in [2.05, 4.69) is 47.2 Å². The van der Waals surface area contributed by atoms with Gasteiger partial charge in [-0.2, -0.15) is 5.10 Å². The van der Waals surface area contributed by atoms with Crippen molar-refractivity contribution in [1.82, 2.24) is 29.8 Å². The predicted octanol–water partition coefficient (Wildman–Crippen LogP) is 4.07. The highest BCUT2D eigenvalue weighted by atomic mass is 16.1. The van der Waals surface area contributed by atoms with E-state index in [1.807, 2.05) is 16.9 Å². The summed E-state index contributed by atoms with van der Waals surface area (Å²) in [6.07, 6.45) is 11.9. The van der Waals surface area contributed by atoms with Crippen LogP contribution in [0.1, 0.15) is 79.2 Å². The number of rotatable bonds is 7. The van der Waals surface area contributed by atoms with Crippen LogP contribution in [-0.4, -0.2) is 43.0 Å². The van der Waals surface area contributed by atoms with E-state index in [0.29, 0.717) is 24.9 Å². The lowest BCUT2D eigenvalue weighted by Crippen LogP contribution is -2.32. The molecule has 0 aromatic carbocycles. The summed E-state index contributed by atoms with van der Waals surface area (Å²) >= 11 is 0. The van der Waals surface area contributed by atoms with Crippen molar-refractivity contribution >= 4 is 11.6 Å². The van der Waals surface area contributed by atoms with Gasteiger partial charge >= 0.3 is 0 Å². The third kappa shape index (κ3) is 4.78. The number of hydrogen-bond acceptors (Lipinski definition) is 5. The fraction of sp³-hybridized carbons (Fsp3) is 0.538. The number of nitrogens with one attached hydrogen (secondary N) is 1. The molecule has 0 bridgehead atoms. The molecule has 7 nitrogen and oxygen atoms in total. The molecule has 33 heavy (non-hydrogen) atoms. The quantitative estimate of drug-likeness (QED) is 0.592. The summed E-state index contributed by atoms with van der Waals surface area (Å²) in [5.74, 6) is 0.152. The lowest BCUT2D eigenvalue weighted by molar-refractivity contribution is -0.121. The van der Waals surface area contributed by atoms with E-state index in [1.54, 1.807) is 0 Å². The summed E-state index contributed by atoms with van der Waals surface area (Å²) in [6, 6.07) is 6.99. The summed E-state index contributed by atoms with van der Waals surface area (Å²) in [6.45, 7) is 6.14. The van der Waals surface area contributed by atoms with Gasteiger partial charge in [-0.15, -0.1) is 0 Å². The maximum atomic E-state index is 12.5. The van der Waals surface area contributed by atoms with Crippen LogP contribution in [0, 0.1) is 13.8 Å². The lowest BCUT2D eigenvalue weighted by Gasteiger charge is -2.22. The van der Waals surface area contributed by atoms with Crippen molar-refractivity contribution in [2.75, 3.05) is 6.54 Å². The average Bonchev–Trinajstić information content (AvgIpc) is 3.55. The number of carbonyl (C=O) groups excluding carboxylic acids is 1. The van der Waals surface area contributed by atoms with Gasteiger partial charge in [0.1, 0.15) is 0 Å². The molecule has 5 rings (SSSR count). The Balaban J connectivity index is 1.32. The largest absolute Gasteiger partial charge is 0.353 e. The first kappa shape index (κ1) is 22.0. The van der Waals surface area contributed by atoms with Crippen LogP contribution in [0.5, 0.6) is 0 Å². The summed E-state index contributed by atoms with van der Waals surface area (Å²) in [7, 11) is 0. The summed E-state index contributed by atoms with van der Waals surface area (Å²) < 4.78 is 1.98. The molecule has 1 aliphatic heterocycles. The molecule has 0 unspecified atom stereocenters. The first-order valence-electron chi connectivity index (χ1n) is 12.4. The smallest absolute Gasteiger partial charge is 0.220 e. The van der Waals surface area contributed by atoms with Crippen LogP contribution in [0.2, 0.25) is 0 Å². The molecule has 1 aliphatic carbocycles. The second kappa shape index (κ2) is 9.59. The standard InChI is InChI=1S/C26H34N6O/c1-18-22(9-10-26(33)29-21-6-3-4-7-21)19(2)32-25(28-18)16-23(30-32)24-8-5-15-31(24)17-20-11-13-27-14-12-20/h11-14,16,21,24H,3-10,15,17H2,1-2H3,(H,29,33)/t24-/m1/s1. The Morgan fingerprint density at radius 2 is 1.91 bits per heavy atom. The highest BCUT2D eigenvalue weighted by Gasteiger charge is 2.29. The molecule has 1 amide bonds. The van der Waals surface area contributed by atoms with Crippen molar-refractivity contribution in [3.05, 3.63) is 58.8 Å². The van der Waals surface area contributed by atoms with Gasteiger partial charge in [0.15, 0.2) is 5.65 Å². The Kier molecular flexibility index (Phi) is 6.40. The van der Waals surface area contributed by atoms with Crippen molar-refractivity contribution < 1.29 is 4.79 Å². The maximum Gasteiger partial charge on any atom is 0.220 e. The minimum atomic E-state index is 0.152. The van der Waals surface area contributed by atoms with E-state index < -0.39 is 0 Å². The van der Waals surface area contributed by atoms with Crippen LogP contribution in [-0.2, 0) is 17.8 Å². The number of amides is 1. The molecular weight excluding hydrogens is 412 g/mol. The third-order valence-electron chi connectivity index (χ3n) is 7.35. The fourth-order valence-electron chi connectivity index (χ4n) is 5.55. The topological polar surface area (TPSA) is 75.4 Å². The van der Waals surface area contributed by atoms with Gasteiger partial charge < -0.3 is 5.32 Å². The van der Waals surface area contributed by atoms with Gasteiger partial charge in [-0.05, 0) is 75.8 Å². The van der Waals surface area contributed by atoms with E-state index in [1.165, 1.54) is 24.8 Å². The van der Waals surface area contributed by atoms with E-state index in [-0.39, 0.29) is 5.91 Å². The Morgan fingerprint density at radius 1 is 1.12 bits per heavy atom. The van der Waals surface area contributed by atoms with Gasteiger partial charge in [-0.3, -0.25) is 14.7 Å². The van der Waals surface area contributed by atoms with Crippen LogP contribution < -0.4 is 5.32 Å². The van der Waals surface area contributed by atoms with Gasteiger partial charge in [0.25, 0.3) is 0 Å². The number of nitrogens with zero attached hydrogens (tertiary/aromatic N) is 5. The Bertz CT molecular complexity index is 1120. The predicted molar refractivity (Wildman–Crippen MR) is 128 cm³/mol. The molecule has 1 N–H and O–H groups in total. The average molecular weight is 447 g/mol. The molecule has 0 radical (unpaired) electrons. The van der Waals surface area contributed by atoms with Gasteiger partial charge in [-0.25, -0.2) is 9.50 Å². The minimum Gasteiger partial charge on any atom is -0.353 e. The zero-order valence-electron chi connectivity index (χ0n) is 19.8. The first-order chi connectivity index (χ1) is 16.1. The Hall–Kier alpha value is -2.80. The van der Waals surface area contributed by atoms with Gasteiger partial charge in [0.05, 0.1) is 11.7 Å². The molecule has 3 aromatic rings.